The first-order valence-corrected chi connectivity index (χ1v) is 7.32. The number of nitrogens with two attached hydrogens (primary N) is 1. The van der Waals surface area contributed by atoms with Crippen LogP contribution in [0.2, 0.25) is 0 Å². The molecule has 3 N–H and O–H groups in total. The molecule has 0 radical (unpaired) electrons. The van der Waals surface area contributed by atoms with E-state index in [1.807, 2.05) is 6.92 Å². The normalized spacial score (nSPS) is 30.3. The number of benzene rings is 1. The van der Waals surface area contributed by atoms with Crippen LogP contribution in [0.1, 0.15) is 49.8 Å². The average molecular weight is 261 g/mol. The van der Waals surface area contributed by atoms with Gasteiger partial charge in [0.1, 0.15) is 0 Å². The van der Waals surface area contributed by atoms with Gasteiger partial charge >= 0.3 is 0 Å². The van der Waals surface area contributed by atoms with E-state index < -0.39 is 5.60 Å². The zero-order valence-electron chi connectivity index (χ0n) is 12.7. The summed E-state index contributed by atoms with van der Waals surface area (Å²) in [5.74, 6) is 0.654. The lowest BCUT2D eigenvalue weighted by molar-refractivity contribution is -0.0712. The molecule has 1 saturated carbocycles. The van der Waals surface area contributed by atoms with Gasteiger partial charge in [-0.3, -0.25) is 0 Å². The zero-order valence-corrected chi connectivity index (χ0v) is 12.7. The largest absolute Gasteiger partial charge is 0.385 e. The molecule has 0 aromatic heterocycles. The SMILES string of the molecule is Cc1cc(C)cc(C(C)(O)C2(CN)CCC(C)C2)c1. The van der Waals surface area contributed by atoms with Crippen LogP contribution in [0.5, 0.6) is 0 Å². The average Bonchev–Trinajstić information content (AvgIpc) is 2.71. The van der Waals surface area contributed by atoms with E-state index in [1.54, 1.807) is 0 Å². The van der Waals surface area contributed by atoms with Gasteiger partial charge in [-0.05, 0) is 51.5 Å². The molecule has 1 fully saturated rings. The van der Waals surface area contributed by atoms with E-state index in [9.17, 15) is 5.11 Å². The topological polar surface area (TPSA) is 46.2 Å². The summed E-state index contributed by atoms with van der Waals surface area (Å²) in [7, 11) is 0. The van der Waals surface area contributed by atoms with E-state index in [0.717, 1.165) is 24.8 Å². The van der Waals surface area contributed by atoms with E-state index >= 15 is 0 Å². The standard InChI is InChI=1S/C17H27NO/c1-12-5-6-17(10-12,11-18)16(4,19)15-8-13(2)7-14(3)9-15/h7-9,12,19H,5-6,10-11,18H2,1-4H3. The van der Waals surface area contributed by atoms with Gasteiger partial charge < -0.3 is 10.8 Å². The maximum Gasteiger partial charge on any atom is 0.0936 e. The molecule has 19 heavy (non-hydrogen) atoms. The molecule has 0 bridgehead atoms. The number of aryl methyl sites for hydroxylation is 2. The van der Waals surface area contributed by atoms with Gasteiger partial charge in [-0.1, -0.05) is 36.2 Å². The molecule has 3 atom stereocenters. The van der Waals surface area contributed by atoms with Gasteiger partial charge in [0.25, 0.3) is 0 Å². The van der Waals surface area contributed by atoms with Gasteiger partial charge in [-0.2, -0.15) is 0 Å². The quantitative estimate of drug-likeness (QED) is 0.877. The molecule has 2 nitrogen and oxygen atoms in total. The van der Waals surface area contributed by atoms with Crippen molar-refractivity contribution in [3.05, 3.63) is 34.9 Å². The fourth-order valence-electron chi connectivity index (χ4n) is 3.78. The summed E-state index contributed by atoms with van der Waals surface area (Å²) in [5, 5.41) is 11.2. The molecular formula is C17H27NO. The van der Waals surface area contributed by atoms with Crippen molar-refractivity contribution in [3.8, 4) is 0 Å². The Morgan fingerprint density at radius 3 is 2.32 bits per heavy atom. The van der Waals surface area contributed by atoms with Crippen molar-refractivity contribution in [2.75, 3.05) is 6.54 Å². The predicted octanol–water partition coefficient (Wildman–Crippen LogP) is 3.28. The predicted molar refractivity (Wildman–Crippen MR) is 80.0 cm³/mol. The first kappa shape index (κ1) is 14.5. The van der Waals surface area contributed by atoms with Crippen LogP contribution in [0, 0.1) is 25.2 Å². The van der Waals surface area contributed by atoms with Gasteiger partial charge in [0.05, 0.1) is 5.60 Å². The highest BCUT2D eigenvalue weighted by Crippen LogP contribution is 2.52. The summed E-state index contributed by atoms with van der Waals surface area (Å²) in [6.45, 7) is 8.93. The molecule has 0 spiro atoms. The molecule has 0 aliphatic heterocycles. The van der Waals surface area contributed by atoms with Crippen LogP contribution < -0.4 is 5.73 Å². The second kappa shape index (κ2) is 4.92. The number of aliphatic hydroxyl groups is 1. The molecule has 106 valence electrons. The van der Waals surface area contributed by atoms with E-state index in [0.29, 0.717) is 12.5 Å². The highest BCUT2D eigenvalue weighted by atomic mass is 16.3. The third-order valence-electron chi connectivity index (χ3n) is 5.06. The minimum Gasteiger partial charge on any atom is -0.385 e. The Morgan fingerprint density at radius 1 is 1.32 bits per heavy atom. The Kier molecular flexibility index (Phi) is 3.76. The van der Waals surface area contributed by atoms with Crippen molar-refractivity contribution in [3.63, 3.8) is 0 Å². The van der Waals surface area contributed by atoms with Gasteiger partial charge in [0.2, 0.25) is 0 Å². The third-order valence-corrected chi connectivity index (χ3v) is 5.06. The highest BCUT2D eigenvalue weighted by molar-refractivity contribution is 5.34. The summed E-state index contributed by atoms with van der Waals surface area (Å²) >= 11 is 0. The summed E-state index contributed by atoms with van der Waals surface area (Å²) in [6.07, 6.45) is 3.20. The summed E-state index contributed by atoms with van der Waals surface area (Å²) in [4.78, 5) is 0. The van der Waals surface area contributed by atoms with Crippen LogP contribution in [-0.2, 0) is 5.60 Å². The molecule has 0 amide bonds. The maximum absolute atomic E-state index is 11.2. The lowest BCUT2D eigenvalue weighted by Gasteiger charge is -2.43. The molecule has 0 saturated heterocycles. The van der Waals surface area contributed by atoms with Crippen LogP contribution >= 0.6 is 0 Å². The van der Waals surface area contributed by atoms with Crippen molar-refractivity contribution in [1.29, 1.82) is 0 Å². The van der Waals surface area contributed by atoms with Crippen LogP contribution in [0.3, 0.4) is 0 Å². The van der Waals surface area contributed by atoms with Crippen molar-refractivity contribution in [1.82, 2.24) is 0 Å². The van der Waals surface area contributed by atoms with E-state index in [1.165, 1.54) is 11.1 Å². The Morgan fingerprint density at radius 2 is 1.89 bits per heavy atom. The molecular weight excluding hydrogens is 234 g/mol. The fraction of sp³-hybridized carbons (Fsp3) is 0.647. The van der Waals surface area contributed by atoms with Crippen LogP contribution in [0.15, 0.2) is 18.2 Å². The zero-order chi connectivity index (χ0) is 14.3. The first-order valence-electron chi connectivity index (χ1n) is 7.32. The second-order valence-corrected chi connectivity index (χ2v) is 6.78. The molecule has 1 aliphatic carbocycles. The van der Waals surface area contributed by atoms with Gasteiger partial charge in [0.15, 0.2) is 0 Å². The second-order valence-electron chi connectivity index (χ2n) is 6.78. The molecule has 1 aliphatic rings. The molecule has 2 heteroatoms. The smallest absolute Gasteiger partial charge is 0.0936 e. The molecule has 2 rings (SSSR count). The van der Waals surface area contributed by atoms with Crippen molar-refractivity contribution in [2.24, 2.45) is 17.1 Å². The third kappa shape index (κ3) is 2.44. The minimum atomic E-state index is -0.844. The summed E-state index contributed by atoms with van der Waals surface area (Å²) in [6, 6.07) is 6.35. The monoisotopic (exact) mass is 261 g/mol. The molecule has 3 unspecified atom stereocenters. The van der Waals surface area contributed by atoms with Crippen LogP contribution in [-0.4, -0.2) is 11.7 Å². The van der Waals surface area contributed by atoms with Crippen LogP contribution in [0.4, 0.5) is 0 Å². The highest BCUT2D eigenvalue weighted by Gasteiger charge is 2.50. The van der Waals surface area contributed by atoms with E-state index in [-0.39, 0.29) is 5.41 Å². The Balaban J connectivity index is 2.45. The lowest BCUT2D eigenvalue weighted by Crippen LogP contribution is -2.47. The van der Waals surface area contributed by atoms with Crippen molar-refractivity contribution in [2.45, 2.75) is 52.6 Å². The van der Waals surface area contributed by atoms with Gasteiger partial charge in [-0.25, -0.2) is 0 Å². The number of rotatable bonds is 3. The molecule has 1 aromatic carbocycles. The minimum absolute atomic E-state index is 0.174. The Hall–Kier alpha value is -0.860. The Bertz CT molecular complexity index is 446. The first-order chi connectivity index (χ1) is 8.80. The summed E-state index contributed by atoms with van der Waals surface area (Å²) < 4.78 is 0. The van der Waals surface area contributed by atoms with Crippen molar-refractivity contribution >= 4 is 0 Å². The maximum atomic E-state index is 11.2. The molecule has 0 heterocycles. The fourth-order valence-corrected chi connectivity index (χ4v) is 3.78. The van der Waals surface area contributed by atoms with E-state index in [2.05, 4.69) is 39.0 Å². The van der Waals surface area contributed by atoms with Gasteiger partial charge in [0, 0.05) is 12.0 Å². The molecule has 1 aromatic rings. The lowest BCUT2D eigenvalue weighted by atomic mass is 9.67. The van der Waals surface area contributed by atoms with Gasteiger partial charge in [-0.15, -0.1) is 0 Å². The van der Waals surface area contributed by atoms with E-state index in [4.69, 9.17) is 5.73 Å². The van der Waals surface area contributed by atoms with Crippen molar-refractivity contribution < 1.29 is 5.11 Å². The van der Waals surface area contributed by atoms with Crippen LogP contribution in [0.25, 0.3) is 0 Å². The Labute approximate surface area is 117 Å². The summed E-state index contributed by atoms with van der Waals surface area (Å²) in [5.41, 5.74) is 8.48. The number of hydrogen-bond acceptors (Lipinski definition) is 2. The number of hydrogen-bond donors (Lipinski definition) is 2.